The molecule has 8 nitrogen and oxygen atoms in total. The Morgan fingerprint density at radius 3 is 2.42 bits per heavy atom. The molecule has 2 aromatic rings. The molecule has 1 atom stereocenters. The van der Waals surface area contributed by atoms with E-state index in [4.69, 9.17) is 21.7 Å². The second kappa shape index (κ2) is 10.9. The zero-order valence-electron chi connectivity index (χ0n) is 19.1. The van der Waals surface area contributed by atoms with Gasteiger partial charge in [0.2, 0.25) is 0 Å². The Labute approximate surface area is 198 Å². The number of hydrogen-bond donors (Lipinski definition) is 3. The Morgan fingerprint density at radius 2 is 1.76 bits per heavy atom. The van der Waals surface area contributed by atoms with Gasteiger partial charge in [-0.15, -0.1) is 0 Å². The minimum absolute atomic E-state index is 0.159. The Balaban J connectivity index is 1.75. The summed E-state index contributed by atoms with van der Waals surface area (Å²) in [5.41, 5.74) is 4.38. The van der Waals surface area contributed by atoms with Crippen LogP contribution in [0.2, 0.25) is 0 Å². The van der Waals surface area contributed by atoms with E-state index < -0.39 is 12.0 Å². The average molecular weight is 469 g/mol. The molecule has 1 heterocycles. The molecule has 3 rings (SSSR count). The zero-order valence-corrected chi connectivity index (χ0v) is 19.9. The molecule has 2 amide bonds. The van der Waals surface area contributed by atoms with E-state index in [9.17, 15) is 9.59 Å². The van der Waals surface area contributed by atoms with E-state index in [1.54, 1.807) is 31.2 Å². The van der Waals surface area contributed by atoms with Crippen LogP contribution in [0.4, 0.5) is 16.2 Å². The zero-order chi connectivity index (χ0) is 24.0. The van der Waals surface area contributed by atoms with Gasteiger partial charge in [-0.1, -0.05) is 24.3 Å². The summed E-state index contributed by atoms with van der Waals surface area (Å²) in [4.78, 5) is 26.9. The van der Waals surface area contributed by atoms with E-state index in [0.29, 0.717) is 34.4 Å². The summed E-state index contributed by atoms with van der Waals surface area (Å²) in [6.07, 6.45) is 0. The number of ether oxygens (including phenoxy) is 2. The predicted octanol–water partition coefficient (Wildman–Crippen LogP) is 3.96. The van der Waals surface area contributed by atoms with Gasteiger partial charge in [0.25, 0.3) is 0 Å². The molecule has 2 aromatic carbocycles. The summed E-state index contributed by atoms with van der Waals surface area (Å²) in [5, 5.41) is 9.32. The number of anilines is 2. The first-order chi connectivity index (χ1) is 15.8. The van der Waals surface area contributed by atoms with Crippen LogP contribution in [0, 0.1) is 6.92 Å². The molecular weight excluding hydrogens is 440 g/mol. The van der Waals surface area contributed by atoms with Crippen LogP contribution in [0.3, 0.4) is 0 Å². The molecule has 3 N–H and O–H groups in total. The third kappa shape index (κ3) is 6.09. The fourth-order valence-corrected chi connectivity index (χ4v) is 3.68. The topological polar surface area (TPSA) is 91.9 Å². The molecule has 0 aromatic heterocycles. The van der Waals surface area contributed by atoms with Gasteiger partial charge in [0, 0.05) is 31.2 Å². The summed E-state index contributed by atoms with van der Waals surface area (Å²) in [6.45, 7) is 4.27. The molecule has 0 radical (unpaired) electrons. The number of methoxy groups -OCH3 is 1. The number of amides is 2. The number of carbonyl (C=O) groups is 2. The molecular formula is C24H28N4O4S. The summed E-state index contributed by atoms with van der Waals surface area (Å²) in [7, 11) is 3.34. The molecule has 174 valence electrons. The Bertz CT molecular complexity index is 1070. The molecule has 0 fully saturated rings. The molecule has 1 unspecified atom stereocenters. The third-order valence-electron chi connectivity index (χ3n) is 5.27. The number of thiocarbonyl (C=S) groups is 1. The van der Waals surface area contributed by atoms with Crippen molar-refractivity contribution in [2.75, 3.05) is 38.0 Å². The van der Waals surface area contributed by atoms with E-state index in [2.05, 4.69) is 16.0 Å². The number of nitrogens with one attached hydrogen (secondary N) is 3. The molecule has 0 spiro atoms. The van der Waals surface area contributed by atoms with Crippen molar-refractivity contribution >= 4 is 40.7 Å². The van der Waals surface area contributed by atoms with Gasteiger partial charge in [-0.3, -0.25) is 0 Å². The number of rotatable bonds is 7. The summed E-state index contributed by atoms with van der Waals surface area (Å²) in [5.74, 6) is -0.434. The number of aryl methyl sites for hydroxylation is 1. The second-order valence-electron chi connectivity index (χ2n) is 7.64. The standard InChI is InChI=1S/C24H28N4O4S/c1-15-6-5-7-19(14-15)26-23(30)25-18-10-8-17(9-11-18)21-20(22(29)32-13-12-31-4)16(2)28(3)24(33)27-21/h5-11,14,21H,12-13H2,1-4H3,(H,27,33)(H2,25,26,30). The van der Waals surface area contributed by atoms with Crippen molar-refractivity contribution in [1.29, 1.82) is 0 Å². The van der Waals surface area contributed by atoms with Crippen molar-refractivity contribution in [3.8, 4) is 0 Å². The van der Waals surface area contributed by atoms with Crippen LogP contribution < -0.4 is 16.0 Å². The average Bonchev–Trinajstić information content (AvgIpc) is 2.78. The van der Waals surface area contributed by atoms with Gasteiger partial charge in [-0.05, 0) is 61.5 Å². The first-order valence-electron chi connectivity index (χ1n) is 10.5. The SMILES string of the molecule is COCCOC(=O)C1=C(C)N(C)C(=S)NC1c1ccc(NC(=O)Nc2cccc(C)c2)cc1. The van der Waals surface area contributed by atoms with E-state index >= 15 is 0 Å². The number of carbonyl (C=O) groups excluding carboxylic acids is 2. The molecule has 0 saturated heterocycles. The predicted molar refractivity (Wildman–Crippen MR) is 132 cm³/mol. The maximum atomic E-state index is 12.8. The maximum absolute atomic E-state index is 12.8. The number of esters is 1. The highest BCUT2D eigenvalue weighted by molar-refractivity contribution is 7.80. The lowest BCUT2D eigenvalue weighted by Gasteiger charge is -2.35. The number of benzene rings is 2. The van der Waals surface area contributed by atoms with Gasteiger partial charge in [0.05, 0.1) is 18.2 Å². The minimum atomic E-state index is -0.473. The van der Waals surface area contributed by atoms with E-state index in [-0.39, 0.29) is 12.6 Å². The van der Waals surface area contributed by atoms with Crippen LogP contribution in [-0.2, 0) is 14.3 Å². The second-order valence-corrected chi connectivity index (χ2v) is 8.03. The largest absolute Gasteiger partial charge is 0.460 e. The van der Waals surface area contributed by atoms with Crippen molar-refractivity contribution < 1.29 is 19.1 Å². The van der Waals surface area contributed by atoms with Crippen LogP contribution in [0.15, 0.2) is 59.8 Å². The Kier molecular flexibility index (Phi) is 8.02. The van der Waals surface area contributed by atoms with E-state index in [1.165, 1.54) is 0 Å². The third-order valence-corrected chi connectivity index (χ3v) is 5.66. The number of allylic oxidation sites excluding steroid dienone is 1. The maximum Gasteiger partial charge on any atom is 0.338 e. The van der Waals surface area contributed by atoms with E-state index in [1.807, 2.05) is 50.2 Å². The Hall–Kier alpha value is -3.43. The lowest BCUT2D eigenvalue weighted by atomic mass is 9.95. The number of hydrogen-bond acceptors (Lipinski definition) is 5. The van der Waals surface area contributed by atoms with Gasteiger partial charge < -0.3 is 30.3 Å². The lowest BCUT2D eigenvalue weighted by molar-refractivity contribution is -0.140. The van der Waals surface area contributed by atoms with Crippen LogP contribution in [0.5, 0.6) is 0 Å². The minimum Gasteiger partial charge on any atom is -0.460 e. The van der Waals surface area contributed by atoms with Gasteiger partial charge in [-0.25, -0.2) is 9.59 Å². The van der Waals surface area contributed by atoms with Gasteiger partial charge in [-0.2, -0.15) is 0 Å². The first kappa shape index (κ1) is 24.2. The van der Waals surface area contributed by atoms with Crippen molar-refractivity contribution in [1.82, 2.24) is 10.2 Å². The van der Waals surface area contributed by atoms with Gasteiger partial charge in [0.1, 0.15) is 6.61 Å². The molecule has 1 aliphatic rings. The smallest absolute Gasteiger partial charge is 0.338 e. The highest BCUT2D eigenvalue weighted by Gasteiger charge is 2.33. The fraction of sp³-hybridized carbons (Fsp3) is 0.292. The van der Waals surface area contributed by atoms with Crippen molar-refractivity contribution in [2.24, 2.45) is 0 Å². The highest BCUT2D eigenvalue weighted by atomic mass is 32.1. The number of nitrogens with zero attached hydrogens (tertiary/aromatic N) is 1. The fourth-order valence-electron chi connectivity index (χ4n) is 3.42. The molecule has 0 saturated carbocycles. The normalized spacial score (nSPS) is 15.7. The first-order valence-corrected chi connectivity index (χ1v) is 10.9. The van der Waals surface area contributed by atoms with E-state index in [0.717, 1.165) is 11.1 Å². The number of urea groups is 1. The van der Waals surface area contributed by atoms with Gasteiger partial charge in [0.15, 0.2) is 5.11 Å². The van der Waals surface area contributed by atoms with Crippen LogP contribution >= 0.6 is 12.2 Å². The van der Waals surface area contributed by atoms with Crippen LogP contribution in [0.1, 0.15) is 24.1 Å². The van der Waals surface area contributed by atoms with Crippen molar-refractivity contribution in [3.63, 3.8) is 0 Å². The Morgan fingerprint density at radius 1 is 1.06 bits per heavy atom. The summed E-state index contributed by atoms with van der Waals surface area (Å²) in [6, 6.07) is 14.0. The van der Waals surface area contributed by atoms with Crippen molar-refractivity contribution in [3.05, 3.63) is 70.9 Å². The molecule has 0 aliphatic carbocycles. The molecule has 9 heteroatoms. The molecule has 1 aliphatic heterocycles. The quantitative estimate of drug-likeness (QED) is 0.322. The monoisotopic (exact) mass is 468 g/mol. The molecule has 0 bridgehead atoms. The summed E-state index contributed by atoms with van der Waals surface area (Å²) < 4.78 is 10.3. The summed E-state index contributed by atoms with van der Waals surface area (Å²) >= 11 is 5.43. The van der Waals surface area contributed by atoms with Crippen molar-refractivity contribution in [2.45, 2.75) is 19.9 Å². The highest BCUT2D eigenvalue weighted by Crippen LogP contribution is 2.31. The van der Waals surface area contributed by atoms with Gasteiger partial charge >= 0.3 is 12.0 Å². The van der Waals surface area contributed by atoms with Crippen LogP contribution in [0.25, 0.3) is 0 Å². The lowest BCUT2D eigenvalue weighted by Crippen LogP contribution is -2.46. The molecule has 33 heavy (non-hydrogen) atoms. The van der Waals surface area contributed by atoms with Crippen LogP contribution in [-0.4, -0.2) is 49.4 Å².